The fraction of sp³-hybridized carbons (Fsp3) is 0.391. The van der Waals surface area contributed by atoms with Gasteiger partial charge in [0.2, 0.25) is 11.7 Å². The van der Waals surface area contributed by atoms with Crippen LogP contribution < -0.4 is 20.3 Å². The summed E-state index contributed by atoms with van der Waals surface area (Å²) in [6.07, 6.45) is 1.96. The second-order valence-electron chi connectivity index (χ2n) is 8.26. The summed E-state index contributed by atoms with van der Waals surface area (Å²) >= 11 is 1.44. The molecule has 178 valence electrons. The zero-order valence-corrected chi connectivity index (χ0v) is 19.9. The summed E-state index contributed by atoms with van der Waals surface area (Å²) in [5.41, 5.74) is 1.73. The molecular formula is C23H27N7O3S. The molecule has 5 rings (SSSR count). The molecule has 3 aromatic rings. The van der Waals surface area contributed by atoms with Crippen LogP contribution in [0.1, 0.15) is 18.5 Å². The molecule has 3 N–H and O–H groups in total. The number of aromatic amines is 1. The van der Waals surface area contributed by atoms with Crippen LogP contribution >= 0.6 is 11.8 Å². The first kappa shape index (κ1) is 22.5. The predicted octanol–water partition coefficient (Wildman–Crippen LogP) is 3.60. The molecule has 3 heterocycles. The molecule has 10 nitrogen and oxygen atoms in total. The van der Waals surface area contributed by atoms with Crippen LogP contribution in [0, 0.1) is 12.8 Å². The van der Waals surface area contributed by atoms with Crippen molar-refractivity contribution in [2.75, 3.05) is 48.9 Å². The van der Waals surface area contributed by atoms with Gasteiger partial charge in [-0.1, -0.05) is 0 Å². The second-order valence-corrected chi connectivity index (χ2v) is 9.30. The standard InChI is InChI=1S/C23H27N7O3S/c1-14-13-18(29-28-14)25-20-19(32-2)21(30-9-11-33-12-10-30)27-23(26-20)34-17-7-5-16(6-8-17)24-22(31)15-3-4-15/h5-8,13,15H,3-4,9-12H2,1-2H3,(H,24,31)(H2,25,26,27,28,29). The molecule has 1 aliphatic carbocycles. The van der Waals surface area contributed by atoms with Crippen LogP contribution in [0.15, 0.2) is 40.4 Å². The lowest BCUT2D eigenvalue weighted by atomic mass is 10.3. The van der Waals surface area contributed by atoms with Crippen LogP contribution in [0.4, 0.5) is 23.1 Å². The van der Waals surface area contributed by atoms with Crippen LogP contribution in [-0.2, 0) is 9.53 Å². The zero-order chi connectivity index (χ0) is 23.5. The highest BCUT2D eigenvalue weighted by Crippen LogP contribution is 2.38. The van der Waals surface area contributed by atoms with E-state index in [-0.39, 0.29) is 11.8 Å². The number of carbonyl (C=O) groups is 1. The third-order valence-corrected chi connectivity index (χ3v) is 6.45. The maximum Gasteiger partial charge on any atom is 0.227 e. The summed E-state index contributed by atoms with van der Waals surface area (Å²) in [6, 6.07) is 9.62. The molecule has 2 aromatic heterocycles. The molecule has 0 radical (unpaired) electrons. The van der Waals surface area contributed by atoms with E-state index < -0.39 is 0 Å². The Morgan fingerprint density at radius 3 is 2.62 bits per heavy atom. The molecule has 2 aliphatic rings. The van der Waals surface area contributed by atoms with E-state index in [1.54, 1.807) is 7.11 Å². The maximum atomic E-state index is 12.0. The number of amides is 1. The van der Waals surface area contributed by atoms with Gasteiger partial charge in [0.05, 0.1) is 20.3 Å². The lowest BCUT2D eigenvalue weighted by molar-refractivity contribution is -0.117. The van der Waals surface area contributed by atoms with Crippen molar-refractivity contribution in [3.63, 3.8) is 0 Å². The SMILES string of the molecule is COc1c(Nc2cc(C)[nH]n2)nc(Sc2ccc(NC(=O)C3CC3)cc2)nc1N1CCOCC1. The minimum atomic E-state index is 0.0957. The van der Waals surface area contributed by atoms with Gasteiger partial charge in [0.15, 0.2) is 22.6 Å². The molecule has 0 spiro atoms. The smallest absolute Gasteiger partial charge is 0.227 e. The summed E-state index contributed by atoms with van der Waals surface area (Å²) in [5, 5.41) is 14.0. The van der Waals surface area contributed by atoms with E-state index in [0.717, 1.165) is 29.1 Å². The van der Waals surface area contributed by atoms with Crippen molar-refractivity contribution in [3.8, 4) is 5.75 Å². The van der Waals surface area contributed by atoms with Gasteiger partial charge in [-0.2, -0.15) is 5.10 Å². The average molecular weight is 482 g/mol. The number of benzene rings is 1. The first-order valence-corrected chi connectivity index (χ1v) is 12.1. The Labute approximate surface area is 201 Å². The summed E-state index contributed by atoms with van der Waals surface area (Å²) in [5.74, 6) is 2.73. The Hall–Kier alpha value is -3.31. The number of ether oxygens (including phenoxy) is 2. The van der Waals surface area contributed by atoms with E-state index in [1.165, 1.54) is 11.8 Å². The van der Waals surface area contributed by atoms with E-state index in [9.17, 15) is 4.79 Å². The number of methoxy groups -OCH3 is 1. The highest BCUT2D eigenvalue weighted by Gasteiger charge is 2.29. The first-order chi connectivity index (χ1) is 16.6. The van der Waals surface area contributed by atoms with E-state index in [4.69, 9.17) is 19.4 Å². The molecule has 11 heteroatoms. The molecule has 1 aliphatic heterocycles. The van der Waals surface area contributed by atoms with Gasteiger partial charge in [-0.15, -0.1) is 0 Å². The number of carbonyl (C=O) groups excluding carboxylic acids is 1. The lowest BCUT2D eigenvalue weighted by Gasteiger charge is -2.29. The molecule has 1 saturated heterocycles. The van der Waals surface area contributed by atoms with Crippen LogP contribution in [0.2, 0.25) is 0 Å². The molecule has 34 heavy (non-hydrogen) atoms. The molecule has 0 bridgehead atoms. The normalized spacial score (nSPS) is 15.8. The minimum Gasteiger partial charge on any atom is -0.490 e. The van der Waals surface area contributed by atoms with Gasteiger partial charge < -0.3 is 25.0 Å². The average Bonchev–Trinajstić information content (AvgIpc) is 3.63. The number of aryl methyl sites for hydroxylation is 1. The number of aromatic nitrogens is 4. The van der Waals surface area contributed by atoms with E-state index >= 15 is 0 Å². The first-order valence-electron chi connectivity index (χ1n) is 11.3. The van der Waals surface area contributed by atoms with E-state index in [2.05, 4.69) is 25.7 Å². The van der Waals surface area contributed by atoms with Crippen LogP contribution in [0.3, 0.4) is 0 Å². The Bertz CT molecular complexity index is 1160. The van der Waals surface area contributed by atoms with Crippen molar-refractivity contribution >= 4 is 40.8 Å². The van der Waals surface area contributed by atoms with Gasteiger partial charge in [-0.3, -0.25) is 9.89 Å². The van der Waals surface area contributed by atoms with Crippen LogP contribution in [0.25, 0.3) is 0 Å². The molecule has 1 aromatic carbocycles. The van der Waals surface area contributed by atoms with Crippen molar-refractivity contribution in [3.05, 3.63) is 36.0 Å². The fourth-order valence-corrected chi connectivity index (χ4v) is 4.38. The molecule has 0 atom stereocenters. The highest BCUT2D eigenvalue weighted by molar-refractivity contribution is 7.99. The number of morpholine rings is 1. The summed E-state index contributed by atoms with van der Waals surface area (Å²) in [7, 11) is 1.62. The van der Waals surface area contributed by atoms with Crippen molar-refractivity contribution in [1.82, 2.24) is 20.2 Å². The monoisotopic (exact) mass is 481 g/mol. The predicted molar refractivity (Wildman–Crippen MR) is 130 cm³/mol. The molecule has 1 amide bonds. The molecule has 0 unspecified atom stereocenters. The highest BCUT2D eigenvalue weighted by atomic mass is 32.2. The van der Waals surface area contributed by atoms with Crippen molar-refractivity contribution in [2.24, 2.45) is 5.92 Å². The zero-order valence-electron chi connectivity index (χ0n) is 19.1. The Kier molecular flexibility index (Phi) is 6.54. The number of nitrogens with one attached hydrogen (secondary N) is 3. The van der Waals surface area contributed by atoms with Gasteiger partial charge in [0, 0.05) is 41.4 Å². The lowest BCUT2D eigenvalue weighted by Crippen LogP contribution is -2.37. The quantitative estimate of drug-likeness (QED) is 0.415. The third-order valence-electron chi connectivity index (χ3n) is 5.57. The van der Waals surface area contributed by atoms with Crippen molar-refractivity contribution < 1.29 is 14.3 Å². The Morgan fingerprint density at radius 1 is 1.21 bits per heavy atom. The number of H-pyrrole nitrogens is 1. The van der Waals surface area contributed by atoms with Gasteiger partial charge >= 0.3 is 0 Å². The number of rotatable bonds is 8. The van der Waals surface area contributed by atoms with Crippen molar-refractivity contribution in [2.45, 2.75) is 29.8 Å². The summed E-state index contributed by atoms with van der Waals surface area (Å²) < 4.78 is 11.2. The number of anilines is 4. The van der Waals surface area contributed by atoms with Crippen LogP contribution in [-0.4, -0.2) is 59.5 Å². The number of hydrogen-bond acceptors (Lipinski definition) is 9. The number of hydrogen-bond donors (Lipinski definition) is 3. The molecule has 1 saturated carbocycles. The van der Waals surface area contributed by atoms with Gasteiger partial charge in [0.1, 0.15) is 0 Å². The second kappa shape index (κ2) is 9.90. The molecule has 2 fully saturated rings. The number of nitrogens with zero attached hydrogens (tertiary/aromatic N) is 4. The minimum absolute atomic E-state index is 0.0957. The topological polar surface area (TPSA) is 117 Å². The van der Waals surface area contributed by atoms with Gasteiger partial charge in [-0.25, -0.2) is 9.97 Å². The van der Waals surface area contributed by atoms with Crippen LogP contribution in [0.5, 0.6) is 5.75 Å². The molecular weight excluding hydrogens is 454 g/mol. The van der Waals surface area contributed by atoms with Crippen molar-refractivity contribution in [1.29, 1.82) is 0 Å². The van der Waals surface area contributed by atoms with E-state index in [0.29, 0.717) is 54.7 Å². The Balaban J connectivity index is 1.42. The van der Waals surface area contributed by atoms with E-state index in [1.807, 2.05) is 37.3 Å². The fourth-order valence-electron chi connectivity index (χ4n) is 3.63. The maximum absolute atomic E-state index is 12.0. The van der Waals surface area contributed by atoms with Gasteiger partial charge in [0.25, 0.3) is 0 Å². The summed E-state index contributed by atoms with van der Waals surface area (Å²) in [4.78, 5) is 24.7. The summed E-state index contributed by atoms with van der Waals surface area (Å²) in [6.45, 7) is 4.63. The largest absolute Gasteiger partial charge is 0.490 e. The Morgan fingerprint density at radius 2 is 1.97 bits per heavy atom. The van der Waals surface area contributed by atoms with Gasteiger partial charge in [-0.05, 0) is 55.8 Å². The third kappa shape index (κ3) is 5.26.